The maximum atomic E-state index is 12.8. The zero-order valence-electron chi connectivity index (χ0n) is 8.18. The Bertz CT molecular complexity index is 266. The predicted molar refractivity (Wildman–Crippen MR) is 48.1 cm³/mol. The molecule has 1 nitrogen and oxygen atoms in total. The fourth-order valence-corrected chi connectivity index (χ4v) is 3.25. The SMILES string of the molecule is OC1(CC2CC2(F)F)CCCC2CC21. The van der Waals surface area contributed by atoms with Crippen LogP contribution in [0.25, 0.3) is 0 Å². The van der Waals surface area contributed by atoms with Gasteiger partial charge in [-0.2, -0.15) is 0 Å². The van der Waals surface area contributed by atoms with Crippen LogP contribution in [0.5, 0.6) is 0 Å². The van der Waals surface area contributed by atoms with E-state index < -0.39 is 17.4 Å². The summed E-state index contributed by atoms with van der Waals surface area (Å²) in [5.74, 6) is -1.97. The number of aliphatic hydroxyl groups is 1. The highest BCUT2D eigenvalue weighted by atomic mass is 19.3. The maximum absolute atomic E-state index is 12.8. The van der Waals surface area contributed by atoms with Gasteiger partial charge in [0.1, 0.15) is 0 Å². The van der Waals surface area contributed by atoms with E-state index in [0.717, 1.165) is 19.3 Å². The minimum Gasteiger partial charge on any atom is -0.390 e. The van der Waals surface area contributed by atoms with Crippen molar-refractivity contribution in [3.05, 3.63) is 0 Å². The molecule has 0 bridgehead atoms. The Morgan fingerprint density at radius 1 is 1.36 bits per heavy atom. The minimum absolute atomic E-state index is 0.00664. The molecule has 0 spiro atoms. The zero-order valence-corrected chi connectivity index (χ0v) is 8.18. The standard InChI is InChI=1S/C11H16F2O/c12-11(13)6-8(11)5-10(14)3-1-2-7-4-9(7)10/h7-9,14H,1-6H2. The van der Waals surface area contributed by atoms with Crippen LogP contribution in [-0.2, 0) is 0 Å². The lowest BCUT2D eigenvalue weighted by Crippen LogP contribution is -2.35. The van der Waals surface area contributed by atoms with E-state index in [1.54, 1.807) is 0 Å². The third-order valence-electron chi connectivity index (χ3n) is 4.35. The highest BCUT2D eigenvalue weighted by molar-refractivity contribution is 5.09. The minimum atomic E-state index is -2.46. The van der Waals surface area contributed by atoms with Crippen molar-refractivity contribution in [2.75, 3.05) is 0 Å². The first-order valence-corrected chi connectivity index (χ1v) is 5.61. The van der Waals surface area contributed by atoms with Gasteiger partial charge in [0.2, 0.25) is 0 Å². The Morgan fingerprint density at radius 3 is 2.71 bits per heavy atom. The van der Waals surface area contributed by atoms with Crippen LogP contribution >= 0.6 is 0 Å². The second kappa shape index (κ2) is 2.49. The van der Waals surface area contributed by atoms with Crippen molar-refractivity contribution in [2.24, 2.45) is 17.8 Å². The molecule has 1 N–H and O–H groups in total. The normalized spacial score (nSPS) is 53.8. The van der Waals surface area contributed by atoms with Crippen LogP contribution in [0.1, 0.15) is 38.5 Å². The maximum Gasteiger partial charge on any atom is 0.251 e. The molecule has 0 radical (unpaired) electrons. The summed E-state index contributed by atoms with van der Waals surface area (Å²) in [5.41, 5.74) is -0.729. The second-order valence-corrected chi connectivity index (χ2v) is 5.46. The van der Waals surface area contributed by atoms with Crippen molar-refractivity contribution in [3.63, 3.8) is 0 Å². The molecule has 3 rings (SSSR count). The molecule has 0 aromatic rings. The highest BCUT2D eigenvalue weighted by Gasteiger charge is 2.63. The van der Waals surface area contributed by atoms with E-state index in [4.69, 9.17) is 0 Å². The van der Waals surface area contributed by atoms with E-state index in [1.807, 2.05) is 0 Å². The summed E-state index contributed by atoms with van der Waals surface area (Å²) in [5, 5.41) is 10.3. The second-order valence-electron chi connectivity index (χ2n) is 5.46. The van der Waals surface area contributed by atoms with Gasteiger partial charge >= 0.3 is 0 Å². The topological polar surface area (TPSA) is 20.2 Å². The molecule has 0 aliphatic heterocycles. The molecule has 0 aromatic heterocycles. The zero-order chi connectivity index (χ0) is 9.97. The molecule has 4 atom stereocenters. The molecule has 80 valence electrons. The van der Waals surface area contributed by atoms with E-state index in [2.05, 4.69) is 0 Å². The van der Waals surface area contributed by atoms with Crippen molar-refractivity contribution in [2.45, 2.75) is 50.0 Å². The molecule has 0 heterocycles. The number of hydrogen-bond donors (Lipinski definition) is 1. The third kappa shape index (κ3) is 1.28. The monoisotopic (exact) mass is 202 g/mol. The van der Waals surface area contributed by atoms with E-state index in [-0.39, 0.29) is 6.42 Å². The van der Waals surface area contributed by atoms with Gasteiger partial charge in [-0.25, -0.2) is 8.78 Å². The van der Waals surface area contributed by atoms with Crippen LogP contribution in [0.4, 0.5) is 8.78 Å². The van der Waals surface area contributed by atoms with Gasteiger partial charge in [-0.3, -0.25) is 0 Å². The van der Waals surface area contributed by atoms with Crippen LogP contribution < -0.4 is 0 Å². The molecule has 3 fully saturated rings. The Hall–Kier alpha value is -0.180. The van der Waals surface area contributed by atoms with E-state index in [1.165, 1.54) is 6.42 Å². The Kier molecular flexibility index (Phi) is 1.61. The van der Waals surface area contributed by atoms with Gasteiger partial charge in [-0.15, -0.1) is 0 Å². The van der Waals surface area contributed by atoms with Gasteiger partial charge in [0.15, 0.2) is 0 Å². The van der Waals surface area contributed by atoms with Gasteiger partial charge in [0.25, 0.3) is 5.92 Å². The molecule has 3 aliphatic carbocycles. The molecule has 0 aromatic carbocycles. The molecule has 3 aliphatic rings. The molecule has 14 heavy (non-hydrogen) atoms. The van der Waals surface area contributed by atoms with Crippen molar-refractivity contribution in [3.8, 4) is 0 Å². The summed E-state index contributed by atoms with van der Waals surface area (Å²) < 4.78 is 25.5. The first-order chi connectivity index (χ1) is 6.51. The summed E-state index contributed by atoms with van der Waals surface area (Å²) in [7, 11) is 0. The van der Waals surface area contributed by atoms with Crippen molar-refractivity contribution in [1.82, 2.24) is 0 Å². The summed E-state index contributed by atoms with van der Waals surface area (Å²) in [6, 6.07) is 0. The summed E-state index contributed by atoms with van der Waals surface area (Å²) in [6.07, 6.45) is 4.41. The molecule has 0 amide bonds. The molecule has 0 saturated heterocycles. The number of rotatable bonds is 2. The lowest BCUT2D eigenvalue weighted by atomic mass is 9.80. The molecular weight excluding hydrogens is 186 g/mol. The molecule has 4 unspecified atom stereocenters. The van der Waals surface area contributed by atoms with Crippen molar-refractivity contribution >= 4 is 0 Å². The molecular formula is C11H16F2O. The molecule has 3 heteroatoms. The predicted octanol–water partition coefficient (Wildman–Crippen LogP) is 2.58. The summed E-state index contributed by atoms with van der Waals surface area (Å²) >= 11 is 0. The first-order valence-electron chi connectivity index (χ1n) is 5.61. The van der Waals surface area contributed by atoms with Crippen LogP contribution in [0, 0.1) is 17.8 Å². The fourth-order valence-electron chi connectivity index (χ4n) is 3.25. The number of alkyl halides is 2. The van der Waals surface area contributed by atoms with Crippen molar-refractivity contribution in [1.29, 1.82) is 0 Å². The first kappa shape index (κ1) is 9.08. The largest absolute Gasteiger partial charge is 0.390 e. The van der Waals surface area contributed by atoms with Crippen LogP contribution in [0.15, 0.2) is 0 Å². The van der Waals surface area contributed by atoms with Gasteiger partial charge in [-0.05, 0) is 37.5 Å². The van der Waals surface area contributed by atoms with E-state index in [0.29, 0.717) is 18.3 Å². The number of fused-ring (bicyclic) bond motifs is 1. The fraction of sp³-hybridized carbons (Fsp3) is 1.00. The number of hydrogen-bond acceptors (Lipinski definition) is 1. The van der Waals surface area contributed by atoms with Crippen LogP contribution in [-0.4, -0.2) is 16.6 Å². The lowest BCUT2D eigenvalue weighted by Gasteiger charge is -2.32. The van der Waals surface area contributed by atoms with E-state index in [9.17, 15) is 13.9 Å². The Morgan fingerprint density at radius 2 is 2.07 bits per heavy atom. The Balaban J connectivity index is 1.66. The van der Waals surface area contributed by atoms with Crippen LogP contribution in [0.3, 0.4) is 0 Å². The smallest absolute Gasteiger partial charge is 0.251 e. The third-order valence-corrected chi connectivity index (χ3v) is 4.35. The van der Waals surface area contributed by atoms with Gasteiger partial charge in [-0.1, -0.05) is 6.42 Å². The van der Waals surface area contributed by atoms with Gasteiger partial charge < -0.3 is 5.11 Å². The van der Waals surface area contributed by atoms with Crippen molar-refractivity contribution < 1.29 is 13.9 Å². The molecule has 3 saturated carbocycles. The quantitative estimate of drug-likeness (QED) is 0.729. The average Bonchev–Trinajstić information content (AvgIpc) is 2.91. The highest BCUT2D eigenvalue weighted by Crippen LogP contribution is 2.61. The summed E-state index contributed by atoms with van der Waals surface area (Å²) in [6.45, 7) is 0. The average molecular weight is 202 g/mol. The Labute approximate surface area is 82.5 Å². The van der Waals surface area contributed by atoms with Gasteiger partial charge in [0, 0.05) is 12.3 Å². The summed E-state index contributed by atoms with van der Waals surface area (Å²) in [4.78, 5) is 0. The van der Waals surface area contributed by atoms with E-state index >= 15 is 0 Å². The lowest BCUT2D eigenvalue weighted by molar-refractivity contribution is -0.0345. The van der Waals surface area contributed by atoms with Gasteiger partial charge in [0.05, 0.1) is 5.60 Å². The van der Waals surface area contributed by atoms with Crippen LogP contribution in [0.2, 0.25) is 0 Å². The number of halogens is 2.